The number of para-hydroxylation sites is 1. The number of rotatable bonds is 2. The molecule has 118 valence electrons. The highest BCUT2D eigenvalue weighted by Crippen LogP contribution is 2.27. The molecule has 0 unspecified atom stereocenters. The Morgan fingerprint density at radius 2 is 1.77 bits per heavy atom. The average Bonchev–Trinajstić information content (AvgIpc) is 2.83. The summed E-state index contributed by atoms with van der Waals surface area (Å²) in [6, 6.07) is 7.27. The summed E-state index contributed by atoms with van der Waals surface area (Å²) >= 11 is 1.61. The van der Waals surface area contributed by atoms with E-state index in [1.54, 1.807) is 23.5 Å². The molecule has 22 heavy (non-hydrogen) atoms. The average molecular weight is 318 g/mol. The first-order chi connectivity index (χ1) is 10.8. The molecule has 3 rings (SSSR count). The van der Waals surface area contributed by atoms with Crippen molar-refractivity contribution in [2.75, 3.05) is 0 Å². The second kappa shape index (κ2) is 7.23. The van der Waals surface area contributed by atoms with Crippen LogP contribution in [0.3, 0.4) is 0 Å². The second-order valence-corrected chi connectivity index (χ2v) is 6.93. The minimum atomic E-state index is -0.252. The molecule has 0 radical (unpaired) electrons. The first kappa shape index (κ1) is 15.5. The number of aromatic nitrogens is 1. The third kappa shape index (κ3) is 3.49. The normalized spacial score (nSPS) is 18.2. The molecule has 2 aromatic rings. The van der Waals surface area contributed by atoms with Gasteiger partial charge in [-0.2, -0.15) is 0 Å². The first-order valence-electron chi connectivity index (χ1n) is 8.21. The highest BCUT2D eigenvalue weighted by Gasteiger charge is 2.16. The Bertz CT molecular complexity index is 678. The molecule has 1 fully saturated rings. The van der Waals surface area contributed by atoms with Crippen molar-refractivity contribution in [3.05, 3.63) is 46.0 Å². The van der Waals surface area contributed by atoms with E-state index in [1.165, 1.54) is 56.7 Å². The van der Waals surface area contributed by atoms with Crippen LogP contribution in [0.2, 0.25) is 0 Å². The summed E-state index contributed by atoms with van der Waals surface area (Å²) in [6.07, 6.45) is 9.02. The molecule has 0 N–H and O–H groups in total. The van der Waals surface area contributed by atoms with E-state index in [-0.39, 0.29) is 5.82 Å². The summed E-state index contributed by atoms with van der Waals surface area (Å²) in [7, 11) is 0. The SMILES string of the molecule is Cc1csc(=Nc2ccccc2F)n1C1CCCCCCC1. The van der Waals surface area contributed by atoms with Crippen LogP contribution in [0.15, 0.2) is 34.6 Å². The molecule has 1 aromatic heterocycles. The molecule has 1 aromatic carbocycles. The molecule has 0 amide bonds. The van der Waals surface area contributed by atoms with Crippen molar-refractivity contribution in [2.45, 2.75) is 57.9 Å². The molecule has 4 heteroatoms. The van der Waals surface area contributed by atoms with E-state index in [4.69, 9.17) is 0 Å². The van der Waals surface area contributed by atoms with Gasteiger partial charge in [-0.1, -0.05) is 44.2 Å². The maximum absolute atomic E-state index is 13.9. The van der Waals surface area contributed by atoms with Gasteiger partial charge in [0, 0.05) is 17.1 Å². The lowest BCUT2D eigenvalue weighted by molar-refractivity contribution is 0.362. The van der Waals surface area contributed by atoms with E-state index in [9.17, 15) is 4.39 Å². The fourth-order valence-corrected chi connectivity index (χ4v) is 4.21. The van der Waals surface area contributed by atoms with E-state index in [1.807, 2.05) is 6.07 Å². The van der Waals surface area contributed by atoms with Gasteiger partial charge in [-0.05, 0) is 31.9 Å². The number of thiazole rings is 1. The van der Waals surface area contributed by atoms with Crippen molar-refractivity contribution in [3.63, 3.8) is 0 Å². The summed E-state index contributed by atoms with van der Waals surface area (Å²) in [4.78, 5) is 5.52. The maximum Gasteiger partial charge on any atom is 0.190 e. The van der Waals surface area contributed by atoms with Crippen LogP contribution in [0.4, 0.5) is 10.1 Å². The van der Waals surface area contributed by atoms with E-state index in [2.05, 4.69) is 21.9 Å². The summed E-state index contributed by atoms with van der Waals surface area (Å²) in [5, 5.41) is 2.14. The Hall–Kier alpha value is -1.42. The zero-order valence-corrected chi connectivity index (χ0v) is 13.9. The van der Waals surface area contributed by atoms with Crippen molar-refractivity contribution in [3.8, 4) is 0 Å². The van der Waals surface area contributed by atoms with Gasteiger partial charge in [0.2, 0.25) is 0 Å². The predicted molar refractivity (Wildman–Crippen MR) is 90.0 cm³/mol. The number of benzene rings is 1. The van der Waals surface area contributed by atoms with Gasteiger partial charge in [-0.3, -0.25) is 0 Å². The van der Waals surface area contributed by atoms with Crippen LogP contribution in [0.5, 0.6) is 0 Å². The third-order valence-electron chi connectivity index (χ3n) is 4.43. The minimum absolute atomic E-state index is 0.252. The van der Waals surface area contributed by atoms with E-state index in [0.29, 0.717) is 11.7 Å². The lowest BCUT2D eigenvalue weighted by atomic mass is 9.96. The molecular formula is C18H23FN2S. The molecule has 0 aliphatic heterocycles. The van der Waals surface area contributed by atoms with Gasteiger partial charge in [0.25, 0.3) is 0 Å². The monoisotopic (exact) mass is 318 g/mol. The number of aryl methyl sites for hydroxylation is 1. The summed E-state index contributed by atoms with van der Waals surface area (Å²) in [6.45, 7) is 2.13. The Morgan fingerprint density at radius 1 is 1.09 bits per heavy atom. The van der Waals surface area contributed by atoms with Crippen molar-refractivity contribution < 1.29 is 4.39 Å². The van der Waals surface area contributed by atoms with Crippen LogP contribution < -0.4 is 4.80 Å². The molecule has 1 saturated carbocycles. The molecule has 1 heterocycles. The highest BCUT2D eigenvalue weighted by atomic mass is 32.1. The van der Waals surface area contributed by atoms with Gasteiger partial charge in [-0.25, -0.2) is 9.38 Å². The quantitative estimate of drug-likeness (QED) is 0.694. The Balaban J connectivity index is 1.98. The van der Waals surface area contributed by atoms with Crippen LogP contribution in [0, 0.1) is 12.7 Å². The summed E-state index contributed by atoms with van der Waals surface area (Å²) < 4.78 is 16.2. The summed E-state index contributed by atoms with van der Waals surface area (Å²) in [5.41, 5.74) is 1.68. The number of hydrogen-bond acceptors (Lipinski definition) is 2. The summed E-state index contributed by atoms with van der Waals surface area (Å²) in [5.74, 6) is -0.252. The standard InChI is InChI=1S/C18H23FN2S/c1-14-13-22-18(20-17-12-8-7-11-16(17)19)21(14)15-9-5-3-2-4-6-10-15/h7-8,11-13,15H,2-6,9-10H2,1H3. The topological polar surface area (TPSA) is 17.3 Å². The largest absolute Gasteiger partial charge is 0.318 e. The minimum Gasteiger partial charge on any atom is -0.318 e. The Kier molecular flexibility index (Phi) is 5.08. The molecule has 0 spiro atoms. The maximum atomic E-state index is 13.9. The van der Waals surface area contributed by atoms with Gasteiger partial charge < -0.3 is 4.57 Å². The first-order valence-corrected chi connectivity index (χ1v) is 9.09. The fraction of sp³-hybridized carbons (Fsp3) is 0.500. The number of hydrogen-bond donors (Lipinski definition) is 0. The highest BCUT2D eigenvalue weighted by molar-refractivity contribution is 7.07. The number of nitrogens with zero attached hydrogens (tertiary/aromatic N) is 2. The smallest absolute Gasteiger partial charge is 0.190 e. The third-order valence-corrected chi connectivity index (χ3v) is 5.39. The van der Waals surface area contributed by atoms with Gasteiger partial charge in [0.05, 0.1) is 0 Å². The lowest BCUT2D eigenvalue weighted by Gasteiger charge is -2.22. The molecule has 0 atom stereocenters. The van der Waals surface area contributed by atoms with Crippen LogP contribution in [-0.4, -0.2) is 4.57 Å². The molecule has 1 aliphatic rings. The number of halogens is 1. The second-order valence-electron chi connectivity index (χ2n) is 6.09. The van der Waals surface area contributed by atoms with Gasteiger partial charge in [0.1, 0.15) is 11.5 Å². The molecular weight excluding hydrogens is 295 g/mol. The van der Waals surface area contributed by atoms with Crippen molar-refractivity contribution in [1.82, 2.24) is 4.57 Å². The zero-order chi connectivity index (χ0) is 15.4. The van der Waals surface area contributed by atoms with Crippen molar-refractivity contribution in [2.24, 2.45) is 4.99 Å². The fourth-order valence-electron chi connectivity index (χ4n) is 3.27. The predicted octanol–water partition coefficient (Wildman–Crippen LogP) is 5.51. The van der Waals surface area contributed by atoms with Gasteiger partial charge in [0.15, 0.2) is 4.80 Å². The Labute approximate surface area is 135 Å². The van der Waals surface area contributed by atoms with Crippen LogP contribution >= 0.6 is 11.3 Å². The van der Waals surface area contributed by atoms with Crippen LogP contribution in [-0.2, 0) is 0 Å². The lowest BCUT2D eigenvalue weighted by Crippen LogP contribution is -2.23. The van der Waals surface area contributed by atoms with E-state index >= 15 is 0 Å². The molecule has 1 aliphatic carbocycles. The van der Waals surface area contributed by atoms with Crippen LogP contribution in [0.25, 0.3) is 0 Å². The van der Waals surface area contributed by atoms with E-state index in [0.717, 1.165) is 4.80 Å². The Morgan fingerprint density at radius 3 is 2.50 bits per heavy atom. The zero-order valence-electron chi connectivity index (χ0n) is 13.1. The van der Waals surface area contributed by atoms with E-state index < -0.39 is 0 Å². The van der Waals surface area contributed by atoms with Crippen molar-refractivity contribution in [1.29, 1.82) is 0 Å². The molecule has 2 nitrogen and oxygen atoms in total. The molecule has 0 bridgehead atoms. The van der Waals surface area contributed by atoms with Crippen LogP contribution in [0.1, 0.15) is 56.7 Å². The van der Waals surface area contributed by atoms with Gasteiger partial charge >= 0.3 is 0 Å². The van der Waals surface area contributed by atoms with Crippen molar-refractivity contribution >= 4 is 17.0 Å². The van der Waals surface area contributed by atoms with Gasteiger partial charge in [-0.15, -0.1) is 11.3 Å². The molecule has 0 saturated heterocycles.